The second-order valence-electron chi connectivity index (χ2n) is 6.77. The third kappa shape index (κ3) is 5.36. The first kappa shape index (κ1) is 19.5. The van der Waals surface area contributed by atoms with Crippen LogP contribution in [-0.2, 0) is 9.59 Å². The highest BCUT2D eigenvalue weighted by Crippen LogP contribution is 2.31. The van der Waals surface area contributed by atoms with Gasteiger partial charge in [0.15, 0.2) is 0 Å². The van der Waals surface area contributed by atoms with E-state index in [9.17, 15) is 9.59 Å². The molecule has 1 fully saturated rings. The van der Waals surface area contributed by atoms with Gasteiger partial charge in [-0.3, -0.25) is 9.59 Å². The van der Waals surface area contributed by atoms with Gasteiger partial charge < -0.3 is 20.7 Å². The Morgan fingerprint density at radius 1 is 1.14 bits per heavy atom. The monoisotopic (exact) mass is 379 g/mol. The van der Waals surface area contributed by atoms with E-state index < -0.39 is 0 Å². The standard InChI is InChI=1S/C22H25N3O3/c1-3-12-28-18-7-4-6-17(13-18)23-14-21(26)24-19-8-5-9-20(15(19)2)25-22(27)16-10-11-16/h3-9,13,16,23H,1,10-12,14H2,2H3,(H,24,26)(H,25,27). The molecular formula is C22H25N3O3. The first-order valence-electron chi connectivity index (χ1n) is 9.35. The quantitative estimate of drug-likeness (QED) is 0.576. The van der Waals surface area contributed by atoms with Gasteiger partial charge in [0.2, 0.25) is 11.8 Å². The van der Waals surface area contributed by atoms with E-state index in [2.05, 4.69) is 22.5 Å². The number of anilines is 3. The van der Waals surface area contributed by atoms with Crippen molar-refractivity contribution in [2.45, 2.75) is 19.8 Å². The van der Waals surface area contributed by atoms with Gasteiger partial charge >= 0.3 is 0 Å². The van der Waals surface area contributed by atoms with Gasteiger partial charge in [-0.2, -0.15) is 0 Å². The number of hydrogen-bond acceptors (Lipinski definition) is 4. The molecule has 3 rings (SSSR count). The molecule has 2 aromatic carbocycles. The molecule has 1 saturated carbocycles. The summed E-state index contributed by atoms with van der Waals surface area (Å²) < 4.78 is 5.49. The number of benzene rings is 2. The summed E-state index contributed by atoms with van der Waals surface area (Å²) in [4.78, 5) is 24.3. The van der Waals surface area contributed by atoms with Crippen molar-refractivity contribution in [1.82, 2.24) is 0 Å². The van der Waals surface area contributed by atoms with E-state index in [0.717, 1.165) is 29.8 Å². The van der Waals surface area contributed by atoms with Crippen molar-refractivity contribution in [1.29, 1.82) is 0 Å². The Balaban J connectivity index is 1.56. The number of rotatable bonds is 9. The van der Waals surface area contributed by atoms with Crippen molar-refractivity contribution in [3.05, 3.63) is 60.7 Å². The lowest BCUT2D eigenvalue weighted by Crippen LogP contribution is -2.22. The zero-order valence-corrected chi connectivity index (χ0v) is 16.0. The summed E-state index contributed by atoms with van der Waals surface area (Å²) in [6, 6.07) is 12.9. The minimum absolute atomic E-state index is 0.0480. The Morgan fingerprint density at radius 3 is 2.57 bits per heavy atom. The summed E-state index contributed by atoms with van der Waals surface area (Å²) in [5.41, 5.74) is 3.04. The lowest BCUT2D eigenvalue weighted by molar-refractivity contribution is -0.117. The Bertz CT molecular complexity index is 875. The van der Waals surface area contributed by atoms with Crippen LogP contribution < -0.4 is 20.7 Å². The first-order chi connectivity index (χ1) is 13.6. The zero-order valence-electron chi connectivity index (χ0n) is 16.0. The molecule has 0 atom stereocenters. The number of amides is 2. The van der Waals surface area contributed by atoms with Crippen molar-refractivity contribution in [2.75, 3.05) is 29.1 Å². The molecule has 0 bridgehead atoms. The number of ether oxygens (including phenoxy) is 1. The molecule has 0 radical (unpaired) electrons. The minimum Gasteiger partial charge on any atom is -0.489 e. The second kappa shape index (κ2) is 9.08. The van der Waals surface area contributed by atoms with Gasteiger partial charge in [-0.15, -0.1) is 0 Å². The highest BCUT2D eigenvalue weighted by atomic mass is 16.5. The van der Waals surface area contributed by atoms with Crippen LogP contribution in [0.5, 0.6) is 5.75 Å². The van der Waals surface area contributed by atoms with E-state index in [1.165, 1.54) is 0 Å². The molecule has 0 saturated heterocycles. The van der Waals surface area contributed by atoms with Crippen molar-refractivity contribution in [3.63, 3.8) is 0 Å². The fourth-order valence-electron chi connectivity index (χ4n) is 2.71. The minimum atomic E-state index is -0.175. The van der Waals surface area contributed by atoms with Crippen LogP contribution in [0.1, 0.15) is 18.4 Å². The number of carbonyl (C=O) groups excluding carboxylic acids is 2. The van der Waals surface area contributed by atoms with Crippen LogP contribution in [0.4, 0.5) is 17.1 Å². The van der Waals surface area contributed by atoms with Crippen LogP contribution in [-0.4, -0.2) is 25.0 Å². The molecule has 146 valence electrons. The Labute approximate surface area is 165 Å². The fourth-order valence-corrected chi connectivity index (χ4v) is 2.71. The summed E-state index contributed by atoms with van der Waals surface area (Å²) in [6.07, 6.45) is 3.58. The lowest BCUT2D eigenvalue weighted by Gasteiger charge is -2.14. The van der Waals surface area contributed by atoms with Gasteiger partial charge in [0.1, 0.15) is 12.4 Å². The molecule has 28 heavy (non-hydrogen) atoms. The summed E-state index contributed by atoms with van der Waals surface area (Å²) in [7, 11) is 0. The van der Waals surface area contributed by atoms with E-state index in [4.69, 9.17) is 4.74 Å². The van der Waals surface area contributed by atoms with Crippen molar-refractivity contribution >= 4 is 28.9 Å². The van der Waals surface area contributed by atoms with E-state index in [0.29, 0.717) is 18.0 Å². The van der Waals surface area contributed by atoms with Crippen molar-refractivity contribution in [3.8, 4) is 5.75 Å². The average Bonchev–Trinajstić information content (AvgIpc) is 3.53. The van der Waals surface area contributed by atoms with Gasteiger partial charge in [-0.1, -0.05) is 24.8 Å². The van der Waals surface area contributed by atoms with E-state index in [-0.39, 0.29) is 24.3 Å². The summed E-state index contributed by atoms with van der Waals surface area (Å²) in [5.74, 6) is 0.714. The zero-order chi connectivity index (χ0) is 19.9. The Hall–Kier alpha value is -3.28. The van der Waals surface area contributed by atoms with E-state index in [1.54, 1.807) is 6.08 Å². The van der Waals surface area contributed by atoms with Gasteiger partial charge in [0.25, 0.3) is 0 Å². The second-order valence-corrected chi connectivity index (χ2v) is 6.77. The van der Waals surface area contributed by atoms with Crippen molar-refractivity contribution < 1.29 is 14.3 Å². The highest BCUT2D eigenvalue weighted by Gasteiger charge is 2.29. The summed E-state index contributed by atoms with van der Waals surface area (Å²) in [5, 5.41) is 8.91. The first-order valence-corrected chi connectivity index (χ1v) is 9.35. The van der Waals surface area contributed by atoms with Gasteiger partial charge in [0.05, 0.1) is 6.54 Å². The number of nitrogens with one attached hydrogen (secondary N) is 3. The molecule has 1 aliphatic carbocycles. The molecule has 0 unspecified atom stereocenters. The topological polar surface area (TPSA) is 79.5 Å². The molecule has 0 aliphatic heterocycles. The maximum absolute atomic E-state index is 12.3. The molecule has 1 aliphatic rings. The van der Waals surface area contributed by atoms with Crippen LogP contribution >= 0.6 is 0 Å². The van der Waals surface area contributed by atoms with Crippen LogP contribution in [0.25, 0.3) is 0 Å². The third-order valence-electron chi connectivity index (χ3n) is 4.47. The fraction of sp³-hybridized carbons (Fsp3) is 0.273. The molecule has 6 nitrogen and oxygen atoms in total. The predicted octanol–water partition coefficient (Wildman–Crippen LogP) is 3.96. The van der Waals surface area contributed by atoms with E-state index >= 15 is 0 Å². The largest absolute Gasteiger partial charge is 0.489 e. The molecule has 0 heterocycles. The molecule has 6 heteroatoms. The number of carbonyl (C=O) groups is 2. The summed E-state index contributed by atoms with van der Waals surface area (Å²) in [6.45, 7) is 6.04. The normalized spacial score (nSPS) is 12.8. The van der Waals surface area contributed by atoms with Gasteiger partial charge in [0, 0.05) is 29.0 Å². The Morgan fingerprint density at radius 2 is 1.86 bits per heavy atom. The predicted molar refractivity (Wildman–Crippen MR) is 112 cm³/mol. The molecule has 2 amide bonds. The molecular weight excluding hydrogens is 354 g/mol. The molecule has 0 aromatic heterocycles. The Kier molecular flexibility index (Phi) is 6.32. The molecule has 3 N–H and O–H groups in total. The van der Waals surface area contributed by atoms with Crippen molar-refractivity contribution in [2.24, 2.45) is 5.92 Å². The average molecular weight is 379 g/mol. The summed E-state index contributed by atoms with van der Waals surface area (Å²) >= 11 is 0. The highest BCUT2D eigenvalue weighted by molar-refractivity contribution is 5.98. The maximum atomic E-state index is 12.3. The van der Waals surface area contributed by atoms with Crippen LogP contribution in [0, 0.1) is 12.8 Å². The number of hydrogen-bond donors (Lipinski definition) is 3. The lowest BCUT2D eigenvalue weighted by atomic mass is 10.1. The van der Waals surface area contributed by atoms with Crippen LogP contribution in [0.2, 0.25) is 0 Å². The van der Waals surface area contributed by atoms with Gasteiger partial charge in [-0.25, -0.2) is 0 Å². The molecule has 0 spiro atoms. The SMILES string of the molecule is C=CCOc1cccc(NCC(=O)Nc2cccc(NC(=O)C3CC3)c2C)c1. The third-order valence-corrected chi connectivity index (χ3v) is 4.47. The maximum Gasteiger partial charge on any atom is 0.243 e. The molecule has 2 aromatic rings. The van der Waals surface area contributed by atoms with E-state index in [1.807, 2.05) is 49.4 Å². The van der Waals surface area contributed by atoms with Crippen LogP contribution in [0.15, 0.2) is 55.1 Å². The smallest absolute Gasteiger partial charge is 0.243 e. The van der Waals surface area contributed by atoms with Crippen LogP contribution in [0.3, 0.4) is 0 Å². The van der Waals surface area contributed by atoms with Gasteiger partial charge in [-0.05, 0) is 49.6 Å².